The number of hydrogen-bond donors (Lipinski definition) is 2. The second-order valence-electron chi connectivity index (χ2n) is 7.40. The molecule has 1 aromatic heterocycles. The van der Waals surface area contributed by atoms with E-state index in [-0.39, 0.29) is 16.3 Å². The van der Waals surface area contributed by atoms with Crippen molar-refractivity contribution in [1.82, 2.24) is 9.78 Å². The zero-order valence-corrected chi connectivity index (χ0v) is 20.1. The van der Waals surface area contributed by atoms with Gasteiger partial charge in [0.15, 0.2) is 5.69 Å². The molecule has 0 aliphatic rings. The summed E-state index contributed by atoms with van der Waals surface area (Å²) in [6.07, 6.45) is -0.473. The fourth-order valence-electron chi connectivity index (χ4n) is 3.50. The van der Waals surface area contributed by atoms with Crippen molar-refractivity contribution in [2.45, 2.75) is 6.42 Å². The molecule has 0 atom stereocenters. The summed E-state index contributed by atoms with van der Waals surface area (Å²) in [6, 6.07) is 19.7. The number of aromatic nitrogens is 2. The number of halogens is 3. The van der Waals surface area contributed by atoms with Crippen LogP contribution in [0.4, 0.5) is 5.69 Å². The summed E-state index contributed by atoms with van der Waals surface area (Å²) in [4.78, 5) is 25.1. The van der Waals surface area contributed by atoms with Crippen molar-refractivity contribution in [3.05, 3.63) is 98.6 Å². The number of hydrogen-bond acceptors (Lipinski definition) is 4. The first-order valence-corrected chi connectivity index (χ1v) is 11.3. The smallest absolute Gasteiger partial charge is 0.307 e. The largest absolute Gasteiger partial charge is 0.481 e. The van der Waals surface area contributed by atoms with Gasteiger partial charge < -0.3 is 10.4 Å². The lowest BCUT2D eigenvalue weighted by Gasteiger charge is -2.11. The van der Waals surface area contributed by atoms with Crippen LogP contribution in [0.3, 0.4) is 0 Å². The minimum atomic E-state index is -1.14. The van der Waals surface area contributed by atoms with Crippen molar-refractivity contribution in [1.29, 1.82) is 5.26 Å². The van der Waals surface area contributed by atoms with Crippen LogP contribution in [-0.2, 0) is 11.2 Å². The predicted octanol–water partition coefficient (Wildman–Crippen LogP) is 6.25. The number of carbonyl (C=O) groups excluding carboxylic acids is 1. The molecular formula is C25H15Cl3N4O3. The number of nitriles is 1. The van der Waals surface area contributed by atoms with E-state index in [2.05, 4.69) is 10.4 Å². The molecule has 2 N–H and O–H groups in total. The molecule has 4 rings (SSSR count). The number of benzene rings is 3. The minimum Gasteiger partial charge on any atom is -0.481 e. The molecule has 1 heterocycles. The van der Waals surface area contributed by atoms with Crippen LogP contribution in [0.25, 0.3) is 16.9 Å². The highest BCUT2D eigenvalue weighted by Gasteiger charge is 2.27. The van der Waals surface area contributed by atoms with Crippen molar-refractivity contribution in [2.24, 2.45) is 0 Å². The highest BCUT2D eigenvalue weighted by atomic mass is 35.5. The summed E-state index contributed by atoms with van der Waals surface area (Å²) in [5.41, 5.74) is 2.32. The Morgan fingerprint density at radius 3 is 2.23 bits per heavy atom. The predicted molar refractivity (Wildman–Crippen MR) is 134 cm³/mol. The van der Waals surface area contributed by atoms with Gasteiger partial charge in [-0.05, 0) is 54.6 Å². The standard InChI is InChI=1S/C25H15Cl3N4O3/c26-16-5-3-15(4-6-16)24-19(12-22(33)34)23(25(35)30-18-8-1-14(13-29)2-9-18)31-32(24)21-10-7-17(27)11-20(21)28/h1-11H,12H2,(H,30,35)(H,33,34). The van der Waals surface area contributed by atoms with E-state index in [0.29, 0.717) is 38.2 Å². The lowest BCUT2D eigenvalue weighted by atomic mass is 10.0. The minimum absolute atomic E-state index is 0.0901. The topological polar surface area (TPSA) is 108 Å². The van der Waals surface area contributed by atoms with E-state index >= 15 is 0 Å². The van der Waals surface area contributed by atoms with Crippen LogP contribution in [-0.4, -0.2) is 26.8 Å². The van der Waals surface area contributed by atoms with E-state index < -0.39 is 18.3 Å². The molecule has 35 heavy (non-hydrogen) atoms. The molecule has 0 fully saturated rings. The SMILES string of the molecule is N#Cc1ccc(NC(=O)c2nn(-c3ccc(Cl)cc3Cl)c(-c3ccc(Cl)cc3)c2CC(=O)O)cc1. The maximum atomic E-state index is 13.3. The van der Waals surface area contributed by atoms with Gasteiger partial charge in [-0.1, -0.05) is 46.9 Å². The third kappa shape index (κ3) is 5.31. The summed E-state index contributed by atoms with van der Waals surface area (Å²) in [5.74, 6) is -1.76. The third-order valence-corrected chi connectivity index (χ3v) is 5.84. The van der Waals surface area contributed by atoms with Gasteiger partial charge in [-0.3, -0.25) is 9.59 Å². The zero-order valence-electron chi connectivity index (χ0n) is 17.8. The number of carboxylic acid groups (broad SMARTS) is 1. The Hall–Kier alpha value is -3.83. The molecule has 0 saturated heterocycles. The van der Waals surface area contributed by atoms with Gasteiger partial charge in [0, 0.05) is 26.9 Å². The number of anilines is 1. The van der Waals surface area contributed by atoms with E-state index in [1.807, 2.05) is 6.07 Å². The molecule has 0 radical (unpaired) electrons. The monoisotopic (exact) mass is 524 g/mol. The van der Waals surface area contributed by atoms with Gasteiger partial charge in [0.25, 0.3) is 5.91 Å². The van der Waals surface area contributed by atoms with Crippen LogP contribution in [0.1, 0.15) is 21.6 Å². The first-order valence-electron chi connectivity index (χ1n) is 10.1. The molecule has 1 amide bonds. The number of rotatable bonds is 6. The van der Waals surface area contributed by atoms with Crippen molar-refractivity contribution < 1.29 is 14.7 Å². The number of nitrogens with zero attached hydrogens (tertiary/aromatic N) is 3. The number of nitrogens with one attached hydrogen (secondary N) is 1. The number of amides is 1. The van der Waals surface area contributed by atoms with Crippen LogP contribution >= 0.6 is 34.8 Å². The summed E-state index contributed by atoms with van der Waals surface area (Å²) in [6.45, 7) is 0. The maximum absolute atomic E-state index is 13.3. The summed E-state index contributed by atoms with van der Waals surface area (Å²) >= 11 is 18.6. The van der Waals surface area contributed by atoms with E-state index in [1.54, 1.807) is 60.7 Å². The lowest BCUT2D eigenvalue weighted by Crippen LogP contribution is -2.16. The van der Waals surface area contributed by atoms with Crippen LogP contribution in [0, 0.1) is 11.3 Å². The van der Waals surface area contributed by atoms with Crippen molar-refractivity contribution in [3.8, 4) is 23.0 Å². The molecule has 3 aromatic carbocycles. The second kappa shape index (κ2) is 10.2. The Morgan fingerprint density at radius 2 is 1.63 bits per heavy atom. The molecule has 10 heteroatoms. The zero-order chi connectivity index (χ0) is 25.1. The first kappa shape index (κ1) is 24.3. The van der Waals surface area contributed by atoms with Crippen LogP contribution in [0.15, 0.2) is 66.7 Å². The van der Waals surface area contributed by atoms with Crippen LogP contribution in [0.2, 0.25) is 15.1 Å². The van der Waals surface area contributed by atoms with Crippen molar-refractivity contribution in [2.75, 3.05) is 5.32 Å². The Labute approximate surface area is 215 Å². The summed E-state index contributed by atoms with van der Waals surface area (Å²) in [7, 11) is 0. The van der Waals surface area contributed by atoms with Gasteiger partial charge in [0.2, 0.25) is 0 Å². The van der Waals surface area contributed by atoms with Gasteiger partial charge in [-0.2, -0.15) is 10.4 Å². The Bertz CT molecular complexity index is 1470. The summed E-state index contributed by atoms with van der Waals surface area (Å²) in [5, 5.41) is 27.0. The molecule has 0 spiro atoms. The van der Waals surface area contributed by atoms with Gasteiger partial charge in [-0.15, -0.1) is 0 Å². The molecule has 0 aliphatic carbocycles. The third-order valence-electron chi connectivity index (χ3n) is 5.05. The normalized spacial score (nSPS) is 10.6. The average molecular weight is 526 g/mol. The molecule has 7 nitrogen and oxygen atoms in total. The van der Waals surface area contributed by atoms with Crippen LogP contribution < -0.4 is 5.32 Å². The van der Waals surface area contributed by atoms with Gasteiger partial charge in [0.05, 0.1) is 34.5 Å². The fourth-order valence-corrected chi connectivity index (χ4v) is 4.12. The lowest BCUT2D eigenvalue weighted by molar-refractivity contribution is -0.136. The molecule has 0 unspecified atom stereocenters. The van der Waals surface area contributed by atoms with E-state index in [4.69, 9.17) is 40.1 Å². The highest BCUT2D eigenvalue weighted by molar-refractivity contribution is 6.35. The fraction of sp³-hybridized carbons (Fsp3) is 0.0400. The van der Waals surface area contributed by atoms with Gasteiger partial charge in [-0.25, -0.2) is 4.68 Å². The molecule has 174 valence electrons. The summed E-state index contributed by atoms with van der Waals surface area (Å²) < 4.78 is 1.42. The highest BCUT2D eigenvalue weighted by Crippen LogP contribution is 2.34. The molecule has 4 aromatic rings. The van der Waals surface area contributed by atoms with E-state index in [1.165, 1.54) is 10.7 Å². The van der Waals surface area contributed by atoms with Gasteiger partial charge in [0.1, 0.15) is 0 Å². The Kier molecular flexibility index (Phi) is 7.08. The van der Waals surface area contributed by atoms with E-state index in [9.17, 15) is 14.7 Å². The number of carboxylic acids is 1. The maximum Gasteiger partial charge on any atom is 0.307 e. The van der Waals surface area contributed by atoms with E-state index in [0.717, 1.165) is 0 Å². The molecule has 0 bridgehead atoms. The van der Waals surface area contributed by atoms with Crippen molar-refractivity contribution >= 4 is 52.4 Å². The quantitative estimate of drug-likeness (QED) is 0.309. The average Bonchev–Trinajstić information content (AvgIpc) is 3.18. The Balaban J connectivity index is 1.91. The molecule has 0 saturated carbocycles. The van der Waals surface area contributed by atoms with Crippen molar-refractivity contribution in [3.63, 3.8) is 0 Å². The van der Waals surface area contributed by atoms with Gasteiger partial charge >= 0.3 is 5.97 Å². The first-order chi connectivity index (χ1) is 16.8. The number of carbonyl (C=O) groups is 2. The Morgan fingerprint density at radius 1 is 0.971 bits per heavy atom. The second-order valence-corrected chi connectivity index (χ2v) is 8.68. The number of aliphatic carboxylic acids is 1. The molecular weight excluding hydrogens is 511 g/mol. The molecule has 0 aliphatic heterocycles. The van der Waals surface area contributed by atoms with Crippen LogP contribution in [0.5, 0.6) is 0 Å².